The first kappa shape index (κ1) is 10.6. The summed E-state index contributed by atoms with van der Waals surface area (Å²) in [6.45, 7) is 3.72. The lowest BCUT2D eigenvalue weighted by atomic mass is 9.75. The molecule has 0 aromatic carbocycles. The molecule has 0 amide bonds. The SMILES string of the molecule is C=CCC1(C(=O)c2ncc[nH]2)C=CC=CC1. The van der Waals surface area contributed by atoms with Gasteiger partial charge in [-0.25, -0.2) is 4.98 Å². The smallest absolute Gasteiger partial charge is 0.208 e. The van der Waals surface area contributed by atoms with Crippen LogP contribution in [0.2, 0.25) is 0 Å². The van der Waals surface area contributed by atoms with E-state index in [-0.39, 0.29) is 5.78 Å². The minimum atomic E-state index is -0.506. The topological polar surface area (TPSA) is 45.8 Å². The molecule has 0 fully saturated rings. The minimum absolute atomic E-state index is 0.0259. The molecule has 3 nitrogen and oxygen atoms in total. The van der Waals surface area contributed by atoms with E-state index in [1.807, 2.05) is 24.3 Å². The van der Waals surface area contributed by atoms with Crippen molar-refractivity contribution in [1.82, 2.24) is 9.97 Å². The highest BCUT2D eigenvalue weighted by Crippen LogP contribution is 2.35. The number of ketones is 1. The van der Waals surface area contributed by atoms with Crippen LogP contribution in [0.3, 0.4) is 0 Å². The molecule has 1 aliphatic carbocycles. The molecule has 82 valence electrons. The summed E-state index contributed by atoms with van der Waals surface area (Å²) >= 11 is 0. The Morgan fingerprint density at radius 1 is 1.62 bits per heavy atom. The van der Waals surface area contributed by atoms with Crippen molar-refractivity contribution in [2.75, 3.05) is 0 Å². The first-order chi connectivity index (χ1) is 7.78. The van der Waals surface area contributed by atoms with Gasteiger partial charge in [0.05, 0.1) is 5.41 Å². The van der Waals surface area contributed by atoms with Gasteiger partial charge in [0, 0.05) is 12.4 Å². The predicted molar refractivity (Wildman–Crippen MR) is 63.1 cm³/mol. The number of hydrogen-bond donors (Lipinski definition) is 1. The number of H-pyrrole nitrogens is 1. The van der Waals surface area contributed by atoms with Crippen LogP contribution in [-0.4, -0.2) is 15.8 Å². The van der Waals surface area contributed by atoms with Gasteiger partial charge >= 0.3 is 0 Å². The summed E-state index contributed by atoms with van der Waals surface area (Å²) in [7, 11) is 0. The second-order valence-electron chi connectivity index (χ2n) is 3.91. The van der Waals surface area contributed by atoms with Gasteiger partial charge in [-0.15, -0.1) is 6.58 Å². The molecule has 16 heavy (non-hydrogen) atoms. The van der Waals surface area contributed by atoms with Gasteiger partial charge in [-0.2, -0.15) is 0 Å². The molecule has 2 rings (SSSR count). The van der Waals surface area contributed by atoms with Crippen molar-refractivity contribution in [2.45, 2.75) is 12.8 Å². The lowest BCUT2D eigenvalue weighted by Crippen LogP contribution is -2.30. The summed E-state index contributed by atoms with van der Waals surface area (Å²) in [5.74, 6) is 0.444. The van der Waals surface area contributed by atoms with Gasteiger partial charge in [0.25, 0.3) is 0 Å². The van der Waals surface area contributed by atoms with E-state index in [4.69, 9.17) is 0 Å². The maximum Gasteiger partial charge on any atom is 0.208 e. The number of carbonyl (C=O) groups is 1. The van der Waals surface area contributed by atoms with Crippen molar-refractivity contribution >= 4 is 5.78 Å². The molecule has 0 saturated carbocycles. The third kappa shape index (κ3) is 1.76. The third-order valence-electron chi connectivity index (χ3n) is 2.82. The molecular formula is C13H14N2O. The van der Waals surface area contributed by atoms with Crippen molar-refractivity contribution in [3.63, 3.8) is 0 Å². The number of allylic oxidation sites excluding steroid dienone is 5. The van der Waals surface area contributed by atoms with E-state index in [0.717, 1.165) is 0 Å². The lowest BCUT2D eigenvalue weighted by Gasteiger charge is -2.27. The molecule has 0 spiro atoms. The Morgan fingerprint density at radius 3 is 3.06 bits per heavy atom. The van der Waals surface area contributed by atoms with Crippen molar-refractivity contribution in [2.24, 2.45) is 5.41 Å². The molecule has 1 atom stereocenters. The number of imidazole rings is 1. The molecule has 0 radical (unpaired) electrons. The van der Waals surface area contributed by atoms with Crippen LogP contribution >= 0.6 is 0 Å². The van der Waals surface area contributed by atoms with Crippen LogP contribution in [0, 0.1) is 5.41 Å². The van der Waals surface area contributed by atoms with Gasteiger partial charge in [0.2, 0.25) is 5.78 Å². The molecule has 1 aromatic heterocycles. The number of nitrogens with one attached hydrogen (secondary N) is 1. The van der Waals surface area contributed by atoms with E-state index in [0.29, 0.717) is 18.7 Å². The zero-order valence-corrected chi connectivity index (χ0v) is 9.02. The molecule has 1 heterocycles. The minimum Gasteiger partial charge on any atom is -0.342 e. The summed E-state index contributed by atoms with van der Waals surface area (Å²) in [5.41, 5.74) is -0.506. The van der Waals surface area contributed by atoms with Gasteiger partial charge in [-0.05, 0) is 12.8 Å². The monoisotopic (exact) mass is 214 g/mol. The van der Waals surface area contributed by atoms with E-state index in [1.54, 1.807) is 18.5 Å². The van der Waals surface area contributed by atoms with Crippen LogP contribution in [0.25, 0.3) is 0 Å². The number of aromatic amines is 1. The van der Waals surface area contributed by atoms with Crippen molar-refractivity contribution in [3.8, 4) is 0 Å². The number of rotatable bonds is 4. The second-order valence-corrected chi connectivity index (χ2v) is 3.91. The van der Waals surface area contributed by atoms with E-state index < -0.39 is 5.41 Å². The van der Waals surface area contributed by atoms with Gasteiger partial charge in [0.15, 0.2) is 5.82 Å². The van der Waals surface area contributed by atoms with Gasteiger partial charge in [-0.1, -0.05) is 30.4 Å². The highest BCUT2D eigenvalue weighted by atomic mass is 16.1. The van der Waals surface area contributed by atoms with E-state index in [9.17, 15) is 4.79 Å². The summed E-state index contributed by atoms with van der Waals surface area (Å²) < 4.78 is 0. The Balaban J connectivity index is 2.33. The van der Waals surface area contributed by atoms with Crippen molar-refractivity contribution in [1.29, 1.82) is 0 Å². The highest BCUT2D eigenvalue weighted by molar-refractivity contribution is 5.99. The maximum absolute atomic E-state index is 12.3. The summed E-state index contributed by atoms with van der Waals surface area (Å²) in [5, 5.41) is 0. The average Bonchev–Trinajstić information content (AvgIpc) is 2.83. The van der Waals surface area contributed by atoms with Crippen molar-refractivity contribution < 1.29 is 4.79 Å². The fourth-order valence-corrected chi connectivity index (χ4v) is 1.96. The van der Waals surface area contributed by atoms with Gasteiger partial charge in [-0.3, -0.25) is 4.79 Å². The van der Waals surface area contributed by atoms with E-state index in [2.05, 4.69) is 16.5 Å². The molecular weight excluding hydrogens is 200 g/mol. The summed E-state index contributed by atoms with van der Waals surface area (Å²) in [4.78, 5) is 19.2. The number of nitrogens with zero attached hydrogens (tertiary/aromatic N) is 1. The highest BCUT2D eigenvalue weighted by Gasteiger charge is 2.36. The number of hydrogen-bond acceptors (Lipinski definition) is 2. The lowest BCUT2D eigenvalue weighted by molar-refractivity contribution is 0.0844. The zero-order chi connectivity index (χ0) is 11.4. The van der Waals surface area contributed by atoms with Crippen LogP contribution in [0.5, 0.6) is 0 Å². The van der Waals surface area contributed by atoms with E-state index in [1.165, 1.54) is 0 Å². The van der Waals surface area contributed by atoms with Gasteiger partial charge in [0.1, 0.15) is 0 Å². The zero-order valence-electron chi connectivity index (χ0n) is 9.02. The fraction of sp³-hybridized carbons (Fsp3) is 0.231. The molecule has 0 aliphatic heterocycles. The van der Waals surface area contributed by atoms with E-state index >= 15 is 0 Å². The molecule has 3 heteroatoms. The maximum atomic E-state index is 12.3. The predicted octanol–water partition coefficient (Wildman–Crippen LogP) is 2.67. The quantitative estimate of drug-likeness (QED) is 0.618. The van der Waals surface area contributed by atoms with Gasteiger partial charge < -0.3 is 4.98 Å². The summed E-state index contributed by atoms with van der Waals surface area (Å²) in [6, 6.07) is 0. The number of Topliss-reactive ketones (excluding diaryl/α,β-unsaturated/α-hetero) is 1. The second kappa shape index (κ2) is 4.31. The largest absolute Gasteiger partial charge is 0.342 e. The number of carbonyl (C=O) groups excluding carboxylic acids is 1. The normalized spacial score (nSPS) is 23.2. The van der Waals surface area contributed by atoms with Crippen LogP contribution in [-0.2, 0) is 0 Å². The molecule has 1 N–H and O–H groups in total. The van der Waals surface area contributed by atoms with Crippen LogP contribution in [0.15, 0.2) is 49.4 Å². The van der Waals surface area contributed by atoms with Crippen molar-refractivity contribution in [3.05, 3.63) is 55.2 Å². The standard InChI is InChI=1S/C13H14N2O/c1-2-6-13(7-4-3-5-8-13)11(16)12-14-9-10-15-12/h2-5,7,9-10H,1,6,8H2,(H,14,15). The first-order valence-corrected chi connectivity index (χ1v) is 5.28. The average molecular weight is 214 g/mol. The molecule has 1 aliphatic rings. The molecule has 0 saturated heterocycles. The van der Waals surface area contributed by atoms with Crippen LogP contribution in [0.1, 0.15) is 23.5 Å². The Bertz CT molecular complexity index is 439. The third-order valence-corrected chi connectivity index (χ3v) is 2.82. The Labute approximate surface area is 94.6 Å². The Hall–Kier alpha value is -1.90. The first-order valence-electron chi connectivity index (χ1n) is 5.28. The fourth-order valence-electron chi connectivity index (χ4n) is 1.96. The molecule has 1 aromatic rings. The molecule has 1 unspecified atom stereocenters. The Kier molecular flexibility index (Phi) is 2.86. The molecule has 0 bridgehead atoms. The van der Waals surface area contributed by atoms with Crippen LogP contribution < -0.4 is 0 Å². The Morgan fingerprint density at radius 2 is 2.50 bits per heavy atom. The summed E-state index contributed by atoms with van der Waals surface area (Å²) in [6.07, 6.45) is 14.2. The number of aromatic nitrogens is 2. The van der Waals surface area contributed by atoms with Crippen LogP contribution in [0.4, 0.5) is 0 Å².